The van der Waals surface area contributed by atoms with Crippen LogP contribution in [0, 0.1) is 0 Å². The van der Waals surface area contributed by atoms with Gasteiger partial charge < -0.3 is 4.74 Å². The lowest BCUT2D eigenvalue weighted by molar-refractivity contribution is -0.123. The maximum absolute atomic E-state index is 12.7. The summed E-state index contributed by atoms with van der Waals surface area (Å²) in [5.41, 5.74) is 4.36. The molecule has 9 heteroatoms. The highest BCUT2D eigenvalue weighted by molar-refractivity contribution is 8.26. The van der Waals surface area contributed by atoms with Crippen molar-refractivity contribution in [1.29, 1.82) is 0 Å². The Balaban J connectivity index is 1.44. The molecule has 1 aliphatic rings. The minimum Gasteiger partial charge on any atom is -0.489 e. The number of rotatable bonds is 6. The molecule has 2 aromatic carbocycles. The van der Waals surface area contributed by atoms with Gasteiger partial charge in [0.25, 0.3) is 11.8 Å². The predicted molar refractivity (Wildman–Crippen MR) is 129 cm³/mol. The van der Waals surface area contributed by atoms with Crippen LogP contribution in [0.2, 0.25) is 5.02 Å². The van der Waals surface area contributed by atoms with Crippen LogP contribution in [0.3, 0.4) is 0 Å². The van der Waals surface area contributed by atoms with Crippen LogP contribution in [0.25, 0.3) is 6.08 Å². The van der Waals surface area contributed by atoms with Gasteiger partial charge in [0.15, 0.2) is 4.32 Å². The quantitative estimate of drug-likeness (QED) is 0.367. The number of thioether (sulfide) groups is 1. The van der Waals surface area contributed by atoms with Crippen LogP contribution in [0.5, 0.6) is 5.75 Å². The van der Waals surface area contributed by atoms with Crippen molar-refractivity contribution in [1.82, 2.24) is 10.4 Å². The molecule has 31 heavy (non-hydrogen) atoms. The molecule has 156 valence electrons. The van der Waals surface area contributed by atoms with Gasteiger partial charge in [0, 0.05) is 5.02 Å². The number of thiophene rings is 1. The fourth-order valence-electron chi connectivity index (χ4n) is 2.72. The second-order valence-electron chi connectivity index (χ2n) is 6.42. The highest BCUT2D eigenvalue weighted by Crippen LogP contribution is 2.32. The van der Waals surface area contributed by atoms with Gasteiger partial charge in [-0.15, -0.1) is 11.3 Å². The molecule has 2 amide bonds. The van der Waals surface area contributed by atoms with Gasteiger partial charge in [-0.25, -0.2) is 0 Å². The lowest BCUT2D eigenvalue weighted by Crippen LogP contribution is -2.44. The molecule has 1 aromatic heterocycles. The summed E-state index contributed by atoms with van der Waals surface area (Å²) in [4.78, 5) is 25.9. The highest BCUT2D eigenvalue weighted by Gasteiger charge is 2.33. The van der Waals surface area contributed by atoms with Crippen molar-refractivity contribution in [2.24, 2.45) is 0 Å². The van der Waals surface area contributed by atoms with Crippen LogP contribution in [-0.2, 0) is 11.4 Å². The maximum atomic E-state index is 12.7. The standard InChI is InChI=1S/C22H15ClN2O3S3/c23-16-8-6-14(7-9-16)13-28-17-4-1-3-15(11-17)12-19-21(27)25(22(29)31-19)24-20(26)18-5-2-10-30-18/h1-12H,13H2,(H,24,26)/b19-12+. The first-order valence-corrected chi connectivity index (χ1v) is 11.6. The third kappa shape index (κ3) is 5.34. The van der Waals surface area contributed by atoms with Gasteiger partial charge in [-0.2, -0.15) is 5.01 Å². The van der Waals surface area contributed by atoms with Gasteiger partial charge >= 0.3 is 0 Å². The van der Waals surface area contributed by atoms with Crippen molar-refractivity contribution in [3.63, 3.8) is 0 Å². The van der Waals surface area contributed by atoms with Crippen LogP contribution < -0.4 is 10.2 Å². The highest BCUT2D eigenvalue weighted by atomic mass is 35.5. The second-order valence-corrected chi connectivity index (χ2v) is 9.48. The summed E-state index contributed by atoms with van der Waals surface area (Å²) < 4.78 is 6.12. The number of hydrogen-bond donors (Lipinski definition) is 1. The monoisotopic (exact) mass is 486 g/mol. The van der Waals surface area contributed by atoms with Gasteiger partial charge in [-0.3, -0.25) is 15.0 Å². The Morgan fingerprint density at radius 2 is 1.97 bits per heavy atom. The predicted octanol–water partition coefficient (Wildman–Crippen LogP) is 5.53. The Bertz CT molecular complexity index is 1160. The van der Waals surface area contributed by atoms with E-state index >= 15 is 0 Å². The first kappa shape index (κ1) is 21.6. The number of ether oxygens (including phenoxy) is 1. The maximum Gasteiger partial charge on any atom is 0.285 e. The summed E-state index contributed by atoms with van der Waals surface area (Å²) in [5.74, 6) is -0.0669. The Hall–Kier alpha value is -2.65. The number of thiocarbonyl (C=S) groups is 1. The number of benzene rings is 2. The Kier molecular flexibility index (Phi) is 6.72. The molecule has 0 atom stereocenters. The molecule has 0 bridgehead atoms. The molecule has 0 unspecified atom stereocenters. The summed E-state index contributed by atoms with van der Waals surface area (Å²) in [6.07, 6.45) is 1.73. The number of nitrogens with one attached hydrogen (secondary N) is 1. The lowest BCUT2D eigenvalue weighted by Gasteiger charge is -2.14. The molecule has 1 aliphatic heterocycles. The van der Waals surface area contributed by atoms with Gasteiger partial charge in [-0.1, -0.05) is 53.7 Å². The third-order valence-electron chi connectivity index (χ3n) is 4.23. The minimum atomic E-state index is -0.370. The number of nitrogens with zero attached hydrogens (tertiary/aromatic N) is 1. The number of amides is 2. The average Bonchev–Trinajstić information content (AvgIpc) is 3.39. The molecule has 5 nitrogen and oxygen atoms in total. The van der Waals surface area contributed by atoms with Crippen LogP contribution in [0.15, 0.2) is 70.9 Å². The molecule has 4 rings (SSSR count). The van der Waals surface area contributed by atoms with Crippen molar-refractivity contribution in [2.45, 2.75) is 6.61 Å². The van der Waals surface area contributed by atoms with Crippen LogP contribution >= 0.6 is 46.9 Å². The summed E-state index contributed by atoms with van der Waals surface area (Å²) >= 11 is 13.6. The number of hydrazine groups is 1. The minimum absolute atomic E-state index is 0.274. The first-order chi connectivity index (χ1) is 15.0. The Labute approximate surface area is 197 Å². The van der Waals surface area contributed by atoms with Crippen LogP contribution in [-0.4, -0.2) is 21.1 Å². The first-order valence-electron chi connectivity index (χ1n) is 9.09. The van der Waals surface area contributed by atoms with E-state index in [-0.39, 0.29) is 16.1 Å². The van der Waals surface area contributed by atoms with E-state index < -0.39 is 0 Å². The lowest BCUT2D eigenvalue weighted by atomic mass is 10.2. The fourth-order valence-corrected chi connectivity index (χ4v) is 4.64. The number of halogens is 1. The van der Waals surface area contributed by atoms with Crippen molar-refractivity contribution in [2.75, 3.05) is 0 Å². The molecule has 0 saturated carbocycles. The summed E-state index contributed by atoms with van der Waals surface area (Å²) in [7, 11) is 0. The van der Waals surface area contributed by atoms with Gasteiger partial charge in [-0.05, 0) is 65.1 Å². The zero-order valence-corrected chi connectivity index (χ0v) is 19.1. The van der Waals surface area contributed by atoms with Crippen molar-refractivity contribution in [3.8, 4) is 5.75 Å². The van der Waals surface area contributed by atoms with E-state index in [1.54, 1.807) is 23.6 Å². The van der Waals surface area contributed by atoms with E-state index in [9.17, 15) is 9.59 Å². The molecular weight excluding hydrogens is 472 g/mol. The fraction of sp³-hybridized carbons (Fsp3) is 0.0455. The largest absolute Gasteiger partial charge is 0.489 e. The van der Waals surface area contributed by atoms with Gasteiger partial charge in [0.1, 0.15) is 12.4 Å². The molecule has 0 radical (unpaired) electrons. The number of carbonyl (C=O) groups is 2. The smallest absolute Gasteiger partial charge is 0.285 e. The molecule has 2 heterocycles. The number of hydrogen-bond acceptors (Lipinski definition) is 6. The van der Waals surface area contributed by atoms with Gasteiger partial charge in [0.05, 0.1) is 9.78 Å². The van der Waals surface area contributed by atoms with Crippen molar-refractivity contribution < 1.29 is 14.3 Å². The zero-order valence-electron chi connectivity index (χ0n) is 15.9. The second kappa shape index (κ2) is 9.65. The molecule has 1 saturated heterocycles. The summed E-state index contributed by atoms with van der Waals surface area (Å²) in [6, 6.07) is 18.3. The third-order valence-corrected chi connectivity index (χ3v) is 6.65. The van der Waals surface area contributed by atoms with E-state index in [2.05, 4.69) is 5.43 Å². The molecule has 0 spiro atoms. The average molecular weight is 487 g/mol. The van der Waals surface area contributed by atoms with Gasteiger partial charge in [0.2, 0.25) is 0 Å². The van der Waals surface area contributed by atoms with Crippen molar-refractivity contribution >= 4 is 69.1 Å². The molecule has 3 aromatic rings. The Morgan fingerprint density at radius 3 is 2.71 bits per heavy atom. The van der Waals surface area contributed by atoms with E-state index in [4.69, 9.17) is 28.6 Å². The molecular formula is C22H15ClN2O3S3. The van der Waals surface area contributed by atoms with E-state index in [1.165, 1.54) is 11.3 Å². The topological polar surface area (TPSA) is 58.6 Å². The molecule has 1 N–H and O–H groups in total. The van der Waals surface area contributed by atoms with E-state index in [1.807, 2.05) is 48.5 Å². The summed E-state index contributed by atoms with van der Waals surface area (Å²) in [6.45, 7) is 0.400. The zero-order chi connectivity index (χ0) is 21.8. The van der Waals surface area contributed by atoms with Crippen LogP contribution in [0.4, 0.5) is 0 Å². The normalized spacial score (nSPS) is 14.9. The summed E-state index contributed by atoms with van der Waals surface area (Å²) in [5, 5.41) is 3.57. The SMILES string of the molecule is O=C(NN1C(=O)/C(=C\c2cccc(OCc3ccc(Cl)cc3)c2)SC1=S)c1cccs1. The van der Waals surface area contributed by atoms with Crippen molar-refractivity contribution in [3.05, 3.63) is 92.0 Å². The Morgan fingerprint density at radius 1 is 1.16 bits per heavy atom. The van der Waals surface area contributed by atoms with E-state index in [0.29, 0.717) is 27.2 Å². The molecule has 1 fully saturated rings. The van der Waals surface area contributed by atoms with Crippen LogP contribution in [0.1, 0.15) is 20.8 Å². The molecule has 0 aliphatic carbocycles. The van der Waals surface area contributed by atoms with E-state index in [0.717, 1.165) is 27.9 Å². The number of carbonyl (C=O) groups excluding carboxylic acids is 2.